The van der Waals surface area contributed by atoms with Crippen LogP contribution in [0.25, 0.3) is 0 Å². The number of anilines is 3. The smallest absolute Gasteiger partial charge is 0.397 e. The zero-order chi connectivity index (χ0) is 15.6. The van der Waals surface area contributed by atoms with E-state index in [2.05, 4.69) is 21.2 Å². The fourth-order valence-electron chi connectivity index (χ4n) is 1.68. The summed E-state index contributed by atoms with van der Waals surface area (Å²) >= 11 is 3.28. The van der Waals surface area contributed by atoms with Crippen molar-refractivity contribution in [3.8, 4) is 6.07 Å². The van der Waals surface area contributed by atoms with Gasteiger partial charge in [0.05, 0.1) is 34.3 Å². The molecule has 0 spiro atoms. The van der Waals surface area contributed by atoms with E-state index in [0.29, 0.717) is 21.4 Å². The fraction of sp³-hybridized carbons (Fsp3) is 0.0714. The van der Waals surface area contributed by atoms with Crippen molar-refractivity contribution in [3.63, 3.8) is 0 Å². The van der Waals surface area contributed by atoms with E-state index in [4.69, 9.17) is 11.0 Å². The summed E-state index contributed by atoms with van der Waals surface area (Å²) in [5.41, 5.74) is 6.25. The predicted octanol–water partition coefficient (Wildman–Crippen LogP) is 4.67. The zero-order valence-electron chi connectivity index (χ0n) is 10.5. The molecule has 7 heteroatoms. The van der Waals surface area contributed by atoms with Gasteiger partial charge < -0.3 is 11.1 Å². The molecule has 3 nitrogen and oxygen atoms in total. The van der Waals surface area contributed by atoms with E-state index in [9.17, 15) is 13.2 Å². The van der Waals surface area contributed by atoms with Crippen LogP contribution in [-0.4, -0.2) is 0 Å². The second kappa shape index (κ2) is 5.66. The number of nitrogens with zero attached hydrogens (tertiary/aromatic N) is 1. The molecule has 0 heterocycles. The molecule has 0 amide bonds. The number of nitrogens with one attached hydrogen (secondary N) is 1. The third-order valence-corrected chi connectivity index (χ3v) is 3.40. The Hall–Kier alpha value is -2.20. The van der Waals surface area contributed by atoms with Crippen LogP contribution in [0.15, 0.2) is 40.9 Å². The molecule has 0 aliphatic rings. The molecule has 0 unspecified atom stereocenters. The maximum absolute atomic E-state index is 12.6. The maximum atomic E-state index is 12.6. The van der Waals surface area contributed by atoms with Crippen LogP contribution in [0, 0.1) is 11.3 Å². The summed E-state index contributed by atoms with van der Waals surface area (Å²) in [4.78, 5) is 0. The van der Waals surface area contributed by atoms with E-state index in [1.807, 2.05) is 6.07 Å². The number of nitrogens with two attached hydrogens (primary N) is 1. The van der Waals surface area contributed by atoms with Gasteiger partial charge in [-0.05, 0) is 52.3 Å². The average Bonchev–Trinajstić information content (AvgIpc) is 2.41. The quantitative estimate of drug-likeness (QED) is 0.769. The number of nitriles is 1. The van der Waals surface area contributed by atoms with Gasteiger partial charge >= 0.3 is 6.18 Å². The topological polar surface area (TPSA) is 61.8 Å². The van der Waals surface area contributed by atoms with Crippen molar-refractivity contribution in [2.45, 2.75) is 6.18 Å². The van der Waals surface area contributed by atoms with Crippen LogP contribution in [0.1, 0.15) is 11.1 Å². The van der Waals surface area contributed by atoms with Gasteiger partial charge in [0, 0.05) is 4.47 Å². The van der Waals surface area contributed by atoms with Crippen LogP contribution < -0.4 is 11.1 Å². The predicted molar refractivity (Wildman–Crippen MR) is 78.0 cm³/mol. The molecule has 0 saturated carbocycles. The summed E-state index contributed by atoms with van der Waals surface area (Å²) in [6.07, 6.45) is -4.43. The van der Waals surface area contributed by atoms with E-state index < -0.39 is 11.7 Å². The molecule has 0 aliphatic heterocycles. The lowest BCUT2D eigenvalue weighted by atomic mass is 10.1. The molecule has 0 fully saturated rings. The summed E-state index contributed by atoms with van der Waals surface area (Å²) in [5.74, 6) is 0. The first-order valence-corrected chi connectivity index (χ1v) is 6.54. The Morgan fingerprint density at radius 2 is 1.76 bits per heavy atom. The van der Waals surface area contributed by atoms with Crippen LogP contribution >= 0.6 is 15.9 Å². The van der Waals surface area contributed by atoms with Gasteiger partial charge in [0.25, 0.3) is 0 Å². The standard InChI is InChI=1S/C14H9BrF3N3/c15-10-5-8(7-19)1-3-12(10)21-13-4-2-9(6-11(13)20)14(16,17)18/h1-6,21H,20H2. The maximum Gasteiger partial charge on any atom is 0.416 e. The monoisotopic (exact) mass is 355 g/mol. The van der Waals surface area contributed by atoms with E-state index in [1.54, 1.807) is 18.2 Å². The number of benzene rings is 2. The Balaban J connectivity index is 2.31. The molecule has 3 N–H and O–H groups in total. The van der Waals surface area contributed by atoms with Crippen molar-refractivity contribution < 1.29 is 13.2 Å². The fourth-order valence-corrected chi connectivity index (χ4v) is 2.16. The van der Waals surface area contributed by atoms with Gasteiger partial charge in [-0.15, -0.1) is 0 Å². The number of nitrogen functional groups attached to an aromatic ring is 1. The summed E-state index contributed by atoms with van der Waals surface area (Å²) in [5, 5.41) is 11.7. The summed E-state index contributed by atoms with van der Waals surface area (Å²) < 4.78 is 38.3. The van der Waals surface area contributed by atoms with E-state index in [0.717, 1.165) is 12.1 Å². The molecule has 2 rings (SSSR count). The molecule has 0 saturated heterocycles. The molecule has 0 aliphatic carbocycles. The molecule has 21 heavy (non-hydrogen) atoms. The average molecular weight is 356 g/mol. The van der Waals surface area contributed by atoms with Gasteiger partial charge in [0.2, 0.25) is 0 Å². The molecule has 0 radical (unpaired) electrons. The Labute approximate surface area is 127 Å². The van der Waals surface area contributed by atoms with Crippen molar-refractivity contribution in [2.24, 2.45) is 0 Å². The van der Waals surface area contributed by atoms with E-state index in [1.165, 1.54) is 6.07 Å². The second-order valence-electron chi connectivity index (χ2n) is 4.23. The highest BCUT2D eigenvalue weighted by Crippen LogP contribution is 2.35. The molecule has 2 aromatic carbocycles. The van der Waals surface area contributed by atoms with Gasteiger partial charge in [-0.2, -0.15) is 18.4 Å². The Morgan fingerprint density at radius 1 is 1.10 bits per heavy atom. The lowest BCUT2D eigenvalue weighted by Crippen LogP contribution is -2.06. The normalized spacial score (nSPS) is 11.0. The van der Waals surface area contributed by atoms with Crippen LogP contribution in [0.4, 0.5) is 30.2 Å². The van der Waals surface area contributed by atoms with Gasteiger partial charge in [-0.1, -0.05) is 0 Å². The molecule has 0 bridgehead atoms. The van der Waals surface area contributed by atoms with Crippen LogP contribution in [0.5, 0.6) is 0 Å². The van der Waals surface area contributed by atoms with Gasteiger partial charge in [-0.3, -0.25) is 0 Å². The van der Waals surface area contributed by atoms with Gasteiger partial charge in [0.15, 0.2) is 0 Å². The lowest BCUT2D eigenvalue weighted by molar-refractivity contribution is -0.137. The highest BCUT2D eigenvalue weighted by atomic mass is 79.9. The van der Waals surface area contributed by atoms with Crippen molar-refractivity contribution in [3.05, 3.63) is 52.0 Å². The van der Waals surface area contributed by atoms with Crippen molar-refractivity contribution in [1.29, 1.82) is 5.26 Å². The third kappa shape index (κ3) is 3.47. The highest BCUT2D eigenvalue weighted by Gasteiger charge is 2.30. The molecular formula is C14H9BrF3N3. The minimum atomic E-state index is -4.43. The number of rotatable bonds is 2. The second-order valence-corrected chi connectivity index (χ2v) is 5.09. The molecule has 108 valence electrons. The highest BCUT2D eigenvalue weighted by molar-refractivity contribution is 9.10. The molecule has 0 atom stereocenters. The summed E-state index contributed by atoms with van der Waals surface area (Å²) in [7, 11) is 0. The first-order chi connectivity index (χ1) is 9.81. The van der Waals surface area contributed by atoms with E-state index in [-0.39, 0.29) is 5.69 Å². The molecule has 2 aromatic rings. The van der Waals surface area contributed by atoms with Crippen molar-refractivity contribution in [2.75, 3.05) is 11.1 Å². The Bertz CT molecular complexity index is 720. The van der Waals surface area contributed by atoms with Crippen molar-refractivity contribution in [1.82, 2.24) is 0 Å². The summed E-state index contributed by atoms with van der Waals surface area (Å²) in [6.45, 7) is 0. The lowest BCUT2D eigenvalue weighted by Gasteiger charge is -2.13. The third-order valence-electron chi connectivity index (χ3n) is 2.75. The summed E-state index contributed by atoms with van der Waals surface area (Å²) in [6, 6.07) is 9.91. The Morgan fingerprint density at radius 3 is 2.29 bits per heavy atom. The minimum Gasteiger partial charge on any atom is -0.397 e. The van der Waals surface area contributed by atoms with Crippen LogP contribution in [0.3, 0.4) is 0 Å². The molecular weight excluding hydrogens is 347 g/mol. The Kier molecular flexibility index (Phi) is 4.09. The van der Waals surface area contributed by atoms with Crippen LogP contribution in [-0.2, 0) is 6.18 Å². The van der Waals surface area contributed by atoms with E-state index >= 15 is 0 Å². The molecule has 0 aromatic heterocycles. The number of hydrogen-bond donors (Lipinski definition) is 2. The van der Waals surface area contributed by atoms with Crippen LogP contribution in [0.2, 0.25) is 0 Å². The number of halogens is 4. The first kappa shape index (κ1) is 15.2. The minimum absolute atomic E-state index is 0.0129. The largest absolute Gasteiger partial charge is 0.416 e. The van der Waals surface area contributed by atoms with Gasteiger partial charge in [0.1, 0.15) is 0 Å². The number of hydrogen-bond acceptors (Lipinski definition) is 3. The van der Waals surface area contributed by atoms with Gasteiger partial charge in [-0.25, -0.2) is 0 Å². The SMILES string of the molecule is N#Cc1ccc(Nc2ccc(C(F)(F)F)cc2N)c(Br)c1. The zero-order valence-corrected chi connectivity index (χ0v) is 12.1. The number of alkyl halides is 3. The van der Waals surface area contributed by atoms with Crippen molar-refractivity contribution >= 4 is 33.0 Å². The first-order valence-electron chi connectivity index (χ1n) is 5.74.